The van der Waals surface area contributed by atoms with Crippen LogP contribution in [0.1, 0.15) is 37.8 Å². The summed E-state index contributed by atoms with van der Waals surface area (Å²) in [4.78, 5) is 8.42. The summed E-state index contributed by atoms with van der Waals surface area (Å²) < 4.78 is 5.16. The van der Waals surface area contributed by atoms with Crippen LogP contribution in [0.15, 0.2) is 23.0 Å². The first-order valence-electron chi connectivity index (χ1n) is 5.78. The molecule has 0 aliphatic rings. The Kier molecular flexibility index (Phi) is 3.49. The van der Waals surface area contributed by atoms with Gasteiger partial charge in [0.05, 0.1) is 6.04 Å². The zero-order chi connectivity index (χ0) is 12.3. The summed E-state index contributed by atoms with van der Waals surface area (Å²) in [7, 11) is 0. The molecule has 1 atom stereocenters. The molecule has 2 rings (SSSR count). The molecule has 0 fully saturated rings. The molecule has 0 saturated heterocycles. The van der Waals surface area contributed by atoms with Crippen molar-refractivity contribution in [3.63, 3.8) is 0 Å². The van der Waals surface area contributed by atoms with Crippen LogP contribution in [-0.2, 0) is 6.42 Å². The van der Waals surface area contributed by atoms with Crippen molar-refractivity contribution in [2.24, 2.45) is 5.73 Å². The van der Waals surface area contributed by atoms with Crippen molar-refractivity contribution in [2.45, 2.75) is 32.7 Å². The third-order valence-corrected chi connectivity index (χ3v) is 2.72. The van der Waals surface area contributed by atoms with Gasteiger partial charge in [0, 0.05) is 18.0 Å². The van der Waals surface area contributed by atoms with Crippen LogP contribution in [0.2, 0.25) is 0 Å². The topological polar surface area (TPSA) is 77.8 Å². The van der Waals surface area contributed by atoms with Crippen LogP contribution in [0.25, 0.3) is 11.4 Å². The van der Waals surface area contributed by atoms with Crippen LogP contribution in [0.3, 0.4) is 0 Å². The predicted molar refractivity (Wildman–Crippen MR) is 64.1 cm³/mol. The first-order chi connectivity index (χ1) is 8.26. The fourth-order valence-corrected chi connectivity index (χ4v) is 1.60. The Hall–Kier alpha value is -1.75. The van der Waals surface area contributed by atoms with Crippen molar-refractivity contribution in [2.75, 3.05) is 0 Å². The molecule has 2 N–H and O–H groups in total. The minimum Gasteiger partial charge on any atom is -0.337 e. The first-order valence-corrected chi connectivity index (χ1v) is 5.78. The molecular formula is C12H16N4O. The molecule has 0 aliphatic carbocycles. The van der Waals surface area contributed by atoms with Crippen molar-refractivity contribution in [1.29, 1.82) is 0 Å². The minimum absolute atomic E-state index is 0.192. The Morgan fingerprint density at radius 1 is 1.41 bits per heavy atom. The normalized spacial score (nSPS) is 12.6. The molecule has 2 heterocycles. The third kappa shape index (κ3) is 2.34. The molecule has 0 spiro atoms. The van der Waals surface area contributed by atoms with Crippen LogP contribution in [0.5, 0.6) is 0 Å². The van der Waals surface area contributed by atoms with E-state index < -0.39 is 0 Å². The second kappa shape index (κ2) is 5.05. The largest absolute Gasteiger partial charge is 0.337 e. The molecule has 5 heteroatoms. The SMILES string of the molecule is CCc1cnccc1-c1noc([C@@H](N)CC)n1. The lowest BCUT2D eigenvalue weighted by molar-refractivity contribution is 0.352. The maximum absolute atomic E-state index is 5.85. The number of aromatic nitrogens is 3. The molecule has 0 bridgehead atoms. The predicted octanol–water partition coefficient (Wildman–Crippen LogP) is 2.10. The fraction of sp³-hybridized carbons (Fsp3) is 0.417. The number of pyridine rings is 1. The van der Waals surface area contributed by atoms with Gasteiger partial charge in [-0.2, -0.15) is 4.98 Å². The van der Waals surface area contributed by atoms with Gasteiger partial charge in [0.1, 0.15) is 0 Å². The van der Waals surface area contributed by atoms with Gasteiger partial charge in [-0.3, -0.25) is 4.98 Å². The number of rotatable bonds is 4. The fourth-order valence-electron chi connectivity index (χ4n) is 1.60. The number of hydrogen-bond acceptors (Lipinski definition) is 5. The third-order valence-electron chi connectivity index (χ3n) is 2.72. The van der Waals surface area contributed by atoms with E-state index in [1.165, 1.54) is 0 Å². The maximum Gasteiger partial charge on any atom is 0.243 e. The standard InChI is InChI=1S/C12H16N4O/c1-3-8-7-14-6-5-9(8)11-15-12(17-16-11)10(13)4-2/h5-7,10H,3-4,13H2,1-2H3/t10-/m0/s1. The molecule has 5 nitrogen and oxygen atoms in total. The van der Waals surface area contributed by atoms with Gasteiger partial charge in [-0.25, -0.2) is 0 Å². The van der Waals surface area contributed by atoms with Crippen molar-refractivity contribution in [3.8, 4) is 11.4 Å². The van der Waals surface area contributed by atoms with E-state index in [1.54, 1.807) is 6.20 Å². The first kappa shape index (κ1) is 11.7. The second-order valence-corrected chi connectivity index (χ2v) is 3.86. The average molecular weight is 232 g/mol. The quantitative estimate of drug-likeness (QED) is 0.873. The van der Waals surface area contributed by atoms with E-state index in [0.717, 1.165) is 24.0 Å². The maximum atomic E-state index is 5.85. The average Bonchev–Trinajstić information content (AvgIpc) is 2.87. The summed E-state index contributed by atoms with van der Waals surface area (Å²) in [5.41, 5.74) is 7.91. The lowest BCUT2D eigenvalue weighted by atomic mass is 10.1. The molecule has 0 amide bonds. The van der Waals surface area contributed by atoms with Crippen molar-refractivity contribution in [3.05, 3.63) is 29.9 Å². The van der Waals surface area contributed by atoms with Gasteiger partial charge >= 0.3 is 0 Å². The van der Waals surface area contributed by atoms with Gasteiger partial charge in [-0.05, 0) is 24.5 Å². The molecule has 17 heavy (non-hydrogen) atoms. The van der Waals surface area contributed by atoms with Crippen molar-refractivity contribution in [1.82, 2.24) is 15.1 Å². The molecule has 0 aromatic carbocycles. The Labute approximate surface area is 100 Å². The Bertz CT molecular complexity index is 495. The van der Waals surface area contributed by atoms with Crippen LogP contribution in [0.4, 0.5) is 0 Å². The van der Waals surface area contributed by atoms with E-state index in [1.807, 2.05) is 19.2 Å². The lowest BCUT2D eigenvalue weighted by Gasteiger charge is -2.01. The monoisotopic (exact) mass is 232 g/mol. The smallest absolute Gasteiger partial charge is 0.243 e. The molecule has 0 radical (unpaired) electrons. The van der Waals surface area contributed by atoms with Crippen molar-refractivity contribution >= 4 is 0 Å². The van der Waals surface area contributed by atoms with Crippen molar-refractivity contribution < 1.29 is 4.52 Å². The second-order valence-electron chi connectivity index (χ2n) is 3.86. The lowest BCUT2D eigenvalue weighted by Crippen LogP contribution is -2.08. The highest BCUT2D eigenvalue weighted by Crippen LogP contribution is 2.22. The van der Waals surface area contributed by atoms with Gasteiger partial charge < -0.3 is 10.3 Å². The summed E-state index contributed by atoms with van der Waals surface area (Å²) in [5.74, 6) is 1.07. The van der Waals surface area contributed by atoms with E-state index in [0.29, 0.717) is 11.7 Å². The van der Waals surface area contributed by atoms with E-state index >= 15 is 0 Å². The zero-order valence-electron chi connectivity index (χ0n) is 10.1. The summed E-state index contributed by atoms with van der Waals surface area (Å²) >= 11 is 0. The highest BCUT2D eigenvalue weighted by molar-refractivity contribution is 5.58. The molecule has 0 saturated carbocycles. The van der Waals surface area contributed by atoms with E-state index in [-0.39, 0.29) is 6.04 Å². The summed E-state index contributed by atoms with van der Waals surface area (Å²) in [6, 6.07) is 1.70. The highest BCUT2D eigenvalue weighted by atomic mass is 16.5. The van der Waals surface area contributed by atoms with Gasteiger partial charge in [0.15, 0.2) is 0 Å². The summed E-state index contributed by atoms with van der Waals surface area (Å²) in [6.07, 6.45) is 5.21. The minimum atomic E-state index is -0.192. The molecular weight excluding hydrogens is 216 g/mol. The number of nitrogens with zero attached hydrogens (tertiary/aromatic N) is 3. The number of aryl methyl sites for hydroxylation is 1. The van der Waals surface area contributed by atoms with Gasteiger partial charge in [0.2, 0.25) is 11.7 Å². The van der Waals surface area contributed by atoms with Gasteiger partial charge in [0.25, 0.3) is 0 Å². The number of hydrogen-bond donors (Lipinski definition) is 1. The van der Waals surface area contributed by atoms with Crippen LogP contribution < -0.4 is 5.73 Å². The Morgan fingerprint density at radius 3 is 2.94 bits per heavy atom. The molecule has 0 aliphatic heterocycles. The molecule has 0 unspecified atom stereocenters. The Balaban J connectivity index is 2.37. The summed E-state index contributed by atoms with van der Waals surface area (Å²) in [5, 5.41) is 3.97. The highest BCUT2D eigenvalue weighted by Gasteiger charge is 2.15. The molecule has 90 valence electrons. The molecule has 2 aromatic rings. The Morgan fingerprint density at radius 2 is 2.24 bits per heavy atom. The summed E-state index contributed by atoms with van der Waals surface area (Å²) in [6.45, 7) is 4.05. The number of nitrogens with two attached hydrogens (primary N) is 1. The van der Waals surface area contributed by atoms with Gasteiger partial charge in [-0.15, -0.1) is 0 Å². The van der Waals surface area contributed by atoms with Crippen LogP contribution in [-0.4, -0.2) is 15.1 Å². The van der Waals surface area contributed by atoms with E-state index in [2.05, 4.69) is 22.0 Å². The van der Waals surface area contributed by atoms with E-state index in [9.17, 15) is 0 Å². The van der Waals surface area contributed by atoms with E-state index in [4.69, 9.17) is 10.3 Å². The van der Waals surface area contributed by atoms with Crippen LogP contribution in [0, 0.1) is 0 Å². The van der Waals surface area contributed by atoms with Gasteiger partial charge in [-0.1, -0.05) is 19.0 Å². The van der Waals surface area contributed by atoms with Crippen LogP contribution >= 0.6 is 0 Å². The zero-order valence-corrected chi connectivity index (χ0v) is 10.1. The molecule has 2 aromatic heterocycles.